The van der Waals surface area contributed by atoms with Crippen LogP contribution >= 0.6 is 23.2 Å². The molecular weight excluding hydrogens is 606 g/mol. The largest absolute Gasteiger partial charge is 0.451 e. The Hall–Kier alpha value is -3.39. The molecule has 218 valence electrons. The van der Waals surface area contributed by atoms with E-state index in [2.05, 4.69) is 20.6 Å². The number of oxime groups is 1. The van der Waals surface area contributed by atoms with Gasteiger partial charge in [-0.3, -0.25) is 10.1 Å². The summed E-state index contributed by atoms with van der Waals surface area (Å²) in [6.45, 7) is 1.50. The molecule has 1 fully saturated rings. The van der Waals surface area contributed by atoms with Gasteiger partial charge in [-0.05, 0) is 61.1 Å². The fourth-order valence-electron chi connectivity index (χ4n) is 4.39. The molecule has 16 heteroatoms. The molecule has 7 nitrogen and oxygen atoms in total. The third-order valence-electron chi connectivity index (χ3n) is 6.72. The van der Waals surface area contributed by atoms with Crippen LogP contribution in [0.4, 0.5) is 36.7 Å². The minimum Gasteiger partial charge on any atom is -0.374 e. The molecule has 1 N–H and O–H groups in total. The molecule has 0 spiro atoms. The second-order valence-corrected chi connectivity index (χ2v) is 10.6. The van der Waals surface area contributed by atoms with Gasteiger partial charge in [0.25, 0.3) is 11.5 Å². The summed E-state index contributed by atoms with van der Waals surface area (Å²) in [5, 5.41) is 8.39. The summed E-state index contributed by atoms with van der Waals surface area (Å²) in [6.07, 6.45) is -9.06. The summed E-state index contributed by atoms with van der Waals surface area (Å²) in [7, 11) is 0. The van der Waals surface area contributed by atoms with Crippen LogP contribution in [-0.2, 0) is 23.2 Å². The lowest BCUT2D eigenvalue weighted by atomic mass is 9.86. The lowest BCUT2D eigenvalue weighted by Gasteiger charge is -2.29. The Morgan fingerprint density at radius 2 is 1.78 bits per heavy atom. The zero-order valence-corrected chi connectivity index (χ0v) is 22.3. The maximum atomic E-state index is 14.3. The summed E-state index contributed by atoms with van der Waals surface area (Å²) < 4.78 is 97.6. The van der Waals surface area contributed by atoms with Crippen molar-refractivity contribution < 1.29 is 40.4 Å². The number of hydrogen-bond acceptors (Lipinski definition) is 5. The zero-order valence-electron chi connectivity index (χ0n) is 20.8. The fourth-order valence-corrected chi connectivity index (χ4v) is 4.88. The smallest absolute Gasteiger partial charge is 0.374 e. The Kier molecular flexibility index (Phi) is 7.21. The Labute approximate surface area is 237 Å². The van der Waals surface area contributed by atoms with E-state index in [1.54, 1.807) is 0 Å². The van der Waals surface area contributed by atoms with Gasteiger partial charge in [-0.15, -0.1) is 5.10 Å². The van der Waals surface area contributed by atoms with Gasteiger partial charge in [0, 0.05) is 24.1 Å². The average Bonchev–Trinajstić information content (AvgIpc) is 3.39. The van der Waals surface area contributed by atoms with Crippen molar-refractivity contribution >= 4 is 40.8 Å². The van der Waals surface area contributed by atoms with Gasteiger partial charge < -0.3 is 4.84 Å². The topological polar surface area (TPSA) is 81.4 Å². The number of carbonyl (C=O) groups is 1. The lowest BCUT2D eigenvalue weighted by Crippen LogP contribution is -2.42. The third-order valence-corrected chi connectivity index (χ3v) is 7.27. The third kappa shape index (κ3) is 5.59. The normalized spacial score (nSPS) is 19.2. The van der Waals surface area contributed by atoms with Crippen molar-refractivity contribution in [3.05, 3.63) is 74.3 Å². The van der Waals surface area contributed by atoms with Crippen molar-refractivity contribution in [3.63, 3.8) is 0 Å². The quantitative estimate of drug-likeness (QED) is 0.231. The Morgan fingerprint density at radius 1 is 1.12 bits per heavy atom. The number of amides is 1. The molecule has 0 saturated heterocycles. The Morgan fingerprint density at radius 3 is 2.34 bits per heavy atom. The highest BCUT2D eigenvalue weighted by Gasteiger charge is 2.62. The molecule has 2 aromatic carbocycles. The number of hydrogen-bond donors (Lipinski definition) is 1. The standard InChI is InChI=1S/C25H18Cl2F7N5O2/c1-11-6-13(18-9-23(41-38-18,25(32,33)34)14-7-16(26)19(28)17(27)8-14)4-5-15(11)20(40)35-22-36-21(24(29,30)31)39(37-22)10-12-2-3-12/h4-8,12H,2-3,9-10H2,1H3,(H,35,37,40). The summed E-state index contributed by atoms with van der Waals surface area (Å²) in [4.78, 5) is 21.2. The number of aryl methyl sites for hydroxylation is 1. The van der Waals surface area contributed by atoms with E-state index >= 15 is 0 Å². The molecule has 1 aliphatic heterocycles. The van der Waals surface area contributed by atoms with Crippen LogP contribution in [0.15, 0.2) is 35.5 Å². The van der Waals surface area contributed by atoms with Gasteiger partial charge in [-0.1, -0.05) is 34.4 Å². The lowest BCUT2D eigenvalue weighted by molar-refractivity contribution is -0.275. The first-order valence-electron chi connectivity index (χ1n) is 12.0. The molecule has 2 aliphatic rings. The summed E-state index contributed by atoms with van der Waals surface area (Å²) >= 11 is 11.4. The predicted molar refractivity (Wildman–Crippen MR) is 133 cm³/mol. The van der Waals surface area contributed by atoms with Crippen LogP contribution < -0.4 is 5.32 Å². The highest BCUT2D eigenvalue weighted by Crippen LogP contribution is 2.50. The van der Waals surface area contributed by atoms with E-state index in [0.717, 1.165) is 29.7 Å². The van der Waals surface area contributed by atoms with E-state index in [-0.39, 0.29) is 34.9 Å². The molecule has 1 saturated carbocycles. The fraction of sp³-hybridized carbons (Fsp3) is 0.360. The molecule has 1 unspecified atom stereocenters. The number of nitrogens with zero attached hydrogens (tertiary/aromatic N) is 4. The van der Waals surface area contributed by atoms with Gasteiger partial charge in [0.15, 0.2) is 5.82 Å². The highest BCUT2D eigenvalue weighted by molar-refractivity contribution is 6.35. The van der Waals surface area contributed by atoms with Crippen LogP contribution in [-0.4, -0.2) is 32.6 Å². The summed E-state index contributed by atoms with van der Waals surface area (Å²) in [6, 6.07) is 5.47. The van der Waals surface area contributed by atoms with E-state index < -0.39 is 63.5 Å². The van der Waals surface area contributed by atoms with Crippen LogP contribution in [0, 0.1) is 18.7 Å². The van der Waals surface area contributed by atoms with E-state index in [9.17, 15) is 35.5 Å². The number of carbonyl (C=O) groups excluding carboxylic acids is 1. The Bertz CT molecular complexity index is 1540. The maximum absolute atomic E-state index is 14.3. The van der Waals surface area contributed by atoms with Crippen molar-refractivity contribution in [2.75, 3.05) is 5.32 Å². The first-order chi connectivity index (χ1) is 19.1. The van der Waals surface area contributed by atoms with Gasteiger partial charge in [-0.25, -0.2) is 9.07 Å². The molecule has 5 rings (SSSR count). The molecule has 1 amide bonds. The number of aromatic nitrogens is 3. The number of benzene rings is 2. The number of halogens is 9. The second-order valence-electron chi connectivity index (χ2n) is 9.75. The SMILES string of the molecule is Cc1cc(C2=NOC(c3cc(Cl)c(F)c(Cl)c3)(C(F)(F)F)C2)ccc1C(=O)Nc1nc(C(F)(F)F)n(CC2CC2)n1. The van der Waals surface area contributed by atoms with Crippen molar-refractivity contribution in [3.8, 4) is 0 Å². The monoisotopic (exact) mass is 623 g/mol. The minimum atomic E-state index is -5.01. The highest BCUT2D eigenvalue weighted by atomic mass is 35.5. The first kappa shape index (κ1) is 29.1. The molecule has 0 radical (unpaired) electrons. The molecule has 1 aromatic heterocycles. The van der Waals surface area contributed by atoms with Crippen molar-refractivity contribution in [2.24, 2.45) is 11.1 Å². The summed E-state index contributed by atoms with van der Waals surface area (Å²) in [5.74, 6) is -3.62. The molecule has 3 aromatic rings. The van der Waals surface area contributed by atoms with Gasteiger partial charge >= 0.3 is 12.4 Å². The molecule has 1 aliphatic carbocycles. The second kappa shape index (κ2) is 10.2. The van der Waals surface area contributed by atoms with Crippen molar-refractivity contribution in [1.29, 1.82) is 0 Å². The minimum absolute atomic E-state index is 0.0135. The van der Waals surface area contributed by atoms with Gasteiger partial charge in [0.2, 0.25) is 11.8 Å². The molecule has 0 bridgehead atoms. The van der Waals surface area contributed by atoms with E-state index in [1.165, 1.54) is 25.1 Å². The van der Waals surface area contributed by atoms with Crippen molar-refractivity contribution in [1.82, 2.24) is 14.8 Å². The van der Waals surface area contributed by atoms with Crippen molar-refractivity contribution in [2.45, 2.75) is 50.7 Å². The van der Waals surface area contributed by atoms with Crippen LogP contribution in [0.25, 0.3) is 0 Å². The molecule has 1 atom stereocenters. The number of alkyl halides is 6. The van der Waals surface area contributed by atoms with Gasteiger partial charge in [0.1, 0.15) is 0 Å². The van der Waals surface area contributed by atoms with Crippen LogP contribution in [0.3, 0.4) is 0 Å². The number of anilines is 1. The molecule has 41 heavy (non-hydrogen) atoms. The summed E-state index contributed by atoms with van der Waals surface area (Å²) in [5.41, 5.74) is -3.23. The zero-order chi connectivity index (χ0) is 29.9. The van der Waals surface area contributed by atoms with Crippen LogP contribution in [0.5, 0.6) is 0 Å². The Balaban J connectivity index is 1.37. The number of nitrogens with one attached hydrogen (secondary N) is 1. The predicted octanol–water partition coefficient (Wildman–Crippen LogP) is 7.30. The molecule has 2 heterocycles. The van der Waals surface area contributed by atoms with Crippen LogP contribution in [0.2, 0.25) is 10.0 Å². The van der Waals surface area contributed by atoms with E-state index in [1.807, 2.05) is 0 Å². The van der Waals surface area contributed by atoms with Gasteiger partial charge in [0.05, 0.1) is 15.8 Å². The van der Waals surface area contributed by atoms with E-state index in [4.69, 9.17) is 28.0 Å². The average molecular weight is 624 g/mol. The van der Waals surface area contributed by atoms with E-state index in [0.29, 0.717) is 0 Å². The first-order valence-corrected chi connectivity index (χ1v) is 12.8. The number of rotatable bonds is 6. The maximum Gasteiger partial charge on any atom is 0.451 e. The van der Waals surface area contributed by atoms with Gasteiger partial charge in [-0.2, -0.15) is 31.3 Å². The van der Waals surface area contributed by atoms with Crippen LogP contribution in [0.1, 0.15) is 52.1 Å². The molecular formula is C25H18Cl2F7N5O2.